The first-order valence-corrected chi connectivity index (χ1v) is 5.61. The minimum atomic E-state index is -0.556. The van der Waals surface area contributed by atoms with Crippen molar-refractivity contribution in [2.45, 2.75) is 18.9 Å². The first kappa shape index (κ1) is 14.0. The predicted octanol–water partition coefficient (Wildman–Crippen LogP) is 1.52. The molecule has 1 atom stereocenters. The van der Waals surface area contributed by atoms with Gasteiger partial charge < -0.3 is 14.8 Å². The summed E-state index contributed by atoms with van der Waals surface area (Å²) in [6, 6.07) is 9.25. The lowest BCUT2D eigenvalue weighted by molar-refractivity contribution is -0.141. The van der Waals surface area contributed by atoms with Crippen LogP contribution in [0.1, 0.15) is 12.0 Å². The molecule has 0 bridgehead atoms. The Bertz CT molecular complexity index is 373. The van der Waals surface area contributed by atoms with Gasteiger partial charge in [0.15, 0.2) is 0 Å². The maximum atomic E-state index is 11.3. The van der Waals surface area contributed by atoms with Crippen molar-refractivity contribution in [3.05, 3.63) is 35.9 Å². The number of esters is 1. The van der Waals surface area contributed by atoms with Crippen LogP contribution in [0, 0.1) is 0 Å². The van der Waals surface area contributed by atoms with Gasteiger partial charge in [-0.25, -0.2) is 4.79 Å². The van der Waals surface area contributed by atoms with Crippen LogP contribution in [0.3, 0.4) is 0 Å². The largest absolute Gasteiger partial charge is 0.469 e. The third-order valence-corrected chi connectivity index (χ3v) is 2.47. The van der Waals surface area contributed by atoms with Crippen molar-refractivity contribution in [1.29, 1.82) is 0 Å². The van der Waals surface area contributed by atoms with E-state index in [9.17, 15) is 9.59 Å². The van der Waals surface area contributed by atoms with Gasteiger partial charge in [-0.05, 0) is 12.0 Å². The number of nitrogens with one attached hydrogen (secondary N) is 1. The number of hydrogen-bond acceptors (Lipinski definition) is 4. The Morgan fingerprint density at radius 1 is 1.17 bits per heavy atom. The number of benzene rings is 1. The van der Waals surface area contributed by atoms with Crippen molar-refractivity contribution in [3.8, 4) is 0 Å². The summed E-state index contributed by atoms with van der Waals surface area (Å²) in [5.74, 6) is -0.368. The van der Waals surface area contributed by atoms with E-state index in [4.69, 9.17) is 0 Å². The highest BCUT2D eigenvalue weighted by Gasteiger charge is 2.17. The average Bonchev–Trinajstić information content (AvgIpc) is 2.39. The number of carbonyl (C=O) groups excluding carboxylic acids is 2. The molecule has 98 valence electrons. The van der Waals surface area contributed by atoms with Crippen LogP contribution < -0.4 is 5.32 Å². The van der Waals surface area contributed by atoms with Gasteiger partial charge in [0.25, 0.3) is 0 Å². The van der Waals surface area contributed by atoms with E-state index in [0.717, 1.165) is 5.56 Å². The highest BCUT2D eigenvalue weighted by atomic mass is 16.5. The van der Waals surface area contributed by atoms with Gasteiger partial charge in [-0.3, -0.25) is 4.79 Å². The molecule has 1 aromatic rings. The van der Waals surface area contributed by atoms with Gasteiger partial charge in [0.1, 0.15) is 0 Å². The highest BCUT2D eigenvalue weighted by molar-refractivity contribution is 5.72. The van der Waals surface area contributed by atoms with Crippen LogP contribution in [0.2, 0.25) is 0 Å². The standard InChI is InChI=1S/C13H17NO4/c1-17-12(15)9-11(14-13(16)18-2)8-10-6-4-3-5-7-10/h3-7,11H,8-9H2,1-2H3,(H,14,16)/t11-/m1/s1. The Hall–Kier alpha value is -2.04. The SMILES string of the molecule is COC(=O)C[C@@H](Cc1ccccc1)NC(=O)OC. The first-order valence-electron chi connectivity index (χ1n) is 5.61. The molecule has 0 saturated heterocycles. The van der Waals surface area contributed by atoms with Crippen LogP contribution >= 0.6 is 0 Å². The molecule has 18 heavy (non-hydrogen) atoms. The molecule has 0 unspecified atom stereocenters. The van der Waals surface area contributed by atoms with Gasteiger partial charge in [-0.1, -0.05) is 30.3 Å². The minimum Gasteiger partial charge on any atom is -0.469 e. The summed E-state index contributed by atoms with van der Waals surface area (Å²) in [4.78, 5) is 22.5. The Morgan fingerprint density at radius 2 is 1.83 bits per heavy atom. The van der Waals surface area contributed by atoms with E-state index in [0.29, 0.717) is 6.42 Å². The van der Waals surface area contributed by atoms with Crippen molar-refractivity contribution in [2.24, 2.45) is 0 Å². The normalized spacial score (nSPS) is 11.4. The summed E-state index contributed by atoms with van der Waals surface area (Å²) in [6.07, 6.45) is 0.103. The van der Waals surface area contributed by atoms with E-state index < -0.39 is 6.09 Å². The molecule has 0 aliphatic heterocycles. The summed E-state index contributed by atoms with van der Waals surface area (Å²) in [5, 5.41) is 2.62. The Kier molecular flexibility index (Phi) is 5.70. The lowest BCUT2D eigenvalue weighted by atomic mass is 10.0. The summed E-state index contributed by atoms with van der Waals surface area (Å²) in [7, 11) is 2.60. The van der Waals surface area contributed by atoms with Crippen molar-refractivity contribution < 1.29 is 19.1 Å². The van der Waals surface area contributed by atoms with Gasteiger partial charge in [-0.2, -0.15) is 0 Å². The number of methoxy groups -OCH3 is 2. The van der Waals surface area contributed by atoms with E-state index >= 15 is 0 Å². The number of amides is 1. The monoisotopic (exact) mass is 251 g/mol. The van der Waals surface area contributed by atoms with E-state index in [-0.39, 0.29) is 18.4 Å². The van der Waals surface area contributed by atoms with Gasteiger partial charge in [0.2, 0.25) is 0 Å². The molecule has 0 radical (unpaired) electrons. The molecule has 5 nitrogen and oxygen atoms in total. The molecule has 0 aliphatic rings. The molecule has 1 amide bonds. The zero-order valence-corrected chi connectivity index (χ0v) is 10.5. The maximum absolute atomic E-state index is 11.3. The maximum Gasteiger partial charge on any atom is 0.407 e. The molecular formula is C13H17NO4. The molecule has 5 heteroatoms. The number of carbonyl (C=O) groups is 2. The quantitative estimate of drug-likeness (QED) is 0.806. The number of hydrogen-bond donors (Lipinski definition) is 1. The smallest absolute Gasteiger partial charge is 0.407 e. The molecule has 0 aliphatic carbocycles. The second-order valence-electron chi connectivity index (χ2n) is 3.80. The van der Waals surface area contributed by atoms with Gasteiger partial charge >= 0.3 is 12.1 Å². The first-order chi connectivity index (χ1) is 8.65. The summed E-state index contributed by atoms with van der Waals surface area (Å²) in [5.41, 5.74) is 1.03. The molecule has 0 saturated carbocycles. The lowest BCUT2D eigenvalue weighted by Gasteiger charge is -2.16. The molecule has 0 fully saturated rings. The molecule has 1 N–H and O–H groups in total. The van der Waals surface area contributed by atoms with Crippen LogP contribution in [-0.2, 0) is 20.7 Å². The van der Waals surface area contributed by atoms with Gasteiger partial charge in [0.05, 0.1) is 20.6 Å². The summed E-state index contributed by atoms with van der Waals surface area (Å²) in [6.45, 7) is 0. The van der Waals surface area contributed by atoms with Crippen LogP contribution in [0.15, 0.2) is 30.3 Å². The van der Waals surface area contributed by atoms with E-state index in [1.54, 1.807) is 0 Å². The summed E-state index contributed by atoms with van der Waals surface area (Å²) < 4.78 is 9.13. The zero-order chi connectivity index (χ0) is 13.4. The lowest BCUT2D eigenvalue weighted by Crippen LogP contribution is -2.38. The van der Waals surface area contributed by atoms with Crippen LogP contribution in [0.25, 0.3) is 0 Å². The van der Waals surface area contributed by atoms with Gasteiger partial charge in [0, 0.05) is 6.04 Å². The fourth-order valence-electron chi connectivity index (χ4n) is 1.58. The van der Waals surface area contributed by atoms with E-state index in [1.165, 1.54) is 14.2 Å². The minimum absolute atomic E-state index is 0.112. The molecular weight excluding hydrogens is 234 g/mol. The van der Waals surface area contributed by atoms with E-state index in [1.807, 2.05) is 30.3 Å². The average molecular weight is 251 g/mol. The zero-order valence-electron chi connectivity index (χ0n) is 10.5. The van der Waals surface area contributed by atoms with Gasteiger partial charge in [-0.15, -0.1) is 0 Å². The van der Waals surface area contributed by atoms with Crippen molar-refractivity contribution >= 4 is 12.1 Å². The molecule has 1 rings (SSSR count). The topological polar surface area (TPSA) is 64.6 Å². The van der Waals surface area contributed by atoms with E-state index in [2.05, 4.69) is 14.8 Å². The second-order valence-corrected chi connectivity index (χ2v) is 3.80. The fourth-order valence-corrected chi connectivity index (χ4v) is 1.58. The van der Waals surface area contributed by atoms with Crippen LogP contribution in [0.5, 0.6) is 0 Å². The van der Waals surface area contributed by atoms with Crippen molar-refractivity contribution in [3.63, 3.8) is 0 Å². The fraction of sp³-hybridized carbons (Fsp3) is 0.385. The number of rotatable bonds is 5. The molecule has 0 heterocycles. The Morgan fingerprint density at radius 3 is 2.39 bits per heavy atom. The molecule has 1 aromatic carbocycles. The molecule has 0 aromatic heterocycles. The third-order valence-electron chi connectivity index (χ3n) is 2.47. The number of ether oxygens (including phenoxy) is 2. The predicted molar refractivity (Wildman–Crippen MR) is 66.1 cm³/mol. The summed E-state index contributed by atoms with van der Waals surface area (Å²) >= 11 is 0. The van der Waals surface area contributed by atoms with Crippen LogP contribution in [0.4, 0.5) is 4.79 Å². The Balaban J connectivity index is 2.64. The number of alkyl carbamates (subject to hydrolysis) is 1. The molecule has 0 spiro atoms. The highest BCUT2D eigenvalue weighted by Crippen LogP contribution is 2.07. The Labute approximate surface area is 106 Å². The van der Waals surface area contributed by atoms with Crippen molar-refractivity contribution in [1.82, 2.24) is 5.32 Å². The third kappa shape index (κ3) is 4.86. The van der Waals surface area contributed by atoms with Crippen LogP contribution in [-0.4, -0.2) is 32.3 Å². The van der Waals surface area contributed by atoms with Crippen molar-refractivity contribution in [2.75, 3.05) is 14.2 Å². The second kappa shape index (κ2) is 7.32.